The van der Waals surface area contributed by atoms with Crippen LogP contribution in [0.1, 0.15) is 37.3 Å². The van der Waals surface area contributed by atoms with E-state index in [1.807, 2.05) is 36.0 Å². The monoisotopic (exact) mass is 335 g/mol. The average Bonchev–Trinajstić information content (AvgIpc) is 2.99. The van der Waals surface area contributed by atoms with Gasteiger partial charge in [-0.3, -0.25) is 9.48 Å². The predicted octanol–water partition coefficient (Wildman–Crippen LogP) is 3.18. The molecule has 0 unspecified atom stereocenters. The molecule has 0 radical (unpaired) electrons. The third-order valence-corrected chi connectivity index (χ3v) is 4.64. The van der Waals surface area contributed by atoms with Gasteiger partial charge in [-0.15, -0.1) is 0 Å². The molecule has 1 aliphatic carbocycles. The fraction of sp³-hybridized carbons (Fsp3) is 0.400. The lowest BCUT2D eigenvalue weighted by Crippen LogP contribution is -2.20. The van der Waals surface area contributed by atoms with Gasteiger partial charge in [0.15, 0.2) is 0 Å². The maximum Gasteiger partial charge on any atom is 0.294 e. The van der Waals surface area contributed by atoms with Gasteiger partial charge in [0.2, 0.25) is 0 Å². The number of hydrogen-bond donors (Lipinski definition) is 1. The summed E-state index contributed by atoms with van der Waals surface area (Å²) in [6, 6.07) is 7.71. The minimum atomic E-state index is -0.118. The number of aromatic nitrogens is 2. The number of benzene rings is 1. The number of nitrogens with zero attached hydrogens (tertiary/aromatic N) is 2. The van der Waals surface area contributed by atoms with Crippen LogP contribution in [0.25, 0.3) is 5.69 Å². The summed E-state index contributed by atoms with van der Waals surface area (Å²) in [4.78, 5) is 12.5. The molecule has 0 spiro atoms. The smallest absolute Gasteiger partial charge is 0.294 e. The van der Waals surface area contributed by atoms with Gasteiger partial charge in [-0.05, 0) is 31.0 Å². The third-order valence-electron chi connectivity index (χ3n) is 4.14. The topological polar surface area (TPSA) is 52.9 Å². The highest BCUT2D eigenvalue weighted by molar-refractivity contribution is 9.10. The Bertz CT molecular complexity index is 696. The zero-order chi connectivity index (χ0) is 14.3. The molecular formula is C15H18BrN3O. The number of nitrogens with two attached hydrogens (primary N) is 1. The molecule has 0 bridgehead atoms. The molecule has 1 heterocycles. The molecule has 106 valence electrons. The first kappa shape index (κ1) is 13.5. The second-order valence-electron chi connectivity index (χ2n) is 5.40. The van der Waals surface area contributed by atoms with Crippen LogP contribution in [0.3, 0.4) is 0 Å². The number of rotatable bonds is 2. The van der Waals surface area contributed by atoms with Gasteiger partial charge in [-0.1, -0.05) is 34.8 Å². The van der Waals surface area contributed by atoms with Crippen LogP contribution >= 0.6 is 15.9 Å². The highest BCUT2D eigenvalue weighted by atomic mass is 79.9. The molecule has 1 fully saturated rings. The molecule has 4 nitrogen and oxygen atoms in total. The maximum absolute atomic E-state index is 12.5. The molecule has 0 amide bonds. The Morgan fingerprint density at radius 2 is 2.00 bits per heavy atom. The van der Waals surface area contributed by atoms with Crippen molar-refractivity contribution in [2.75, 3.05) is 5.73 Å². The second kappa shape index (κ2) is 5.13. The number of halogens is 1. The summed E-state index contributed by atoms with van der Waals surface area (Å²) >= 11 is 3.44. The van der Waals surface area contributed by atoms with Crippen molar-refractivity contribution in [1.82, 2.24) is 9.36 Å². The fourth-order valence-corrected chi connectivity index (χ4v) is 3.61. The lowest BCUT2D eigenvalue weighted by atomic mass is 10.0. The summed E-state index contributed by atoms with van der Waals surface area (Å²) in [6.07, 6.45) is 4.70. The van der Waals surface area contributed by atoms with E-state index in [0.717, 1.165) is 28.7 Å². The standard InChI is InChI=1S/C15H18BrN3O/c1-18-14(10-5-2-3-6-10)13(17)15(20)19(18)12-8-4-7-11(16)9-12/h4,7-10H,2-3,5-6,17H2,1H3. The van der Waals surface area contributed by atoms with Crippen molar-refractivity contribution in [3.8, 4) is 5.69 Å². The molecule has 5 heteroatoms. The molecule has 0 aliphatic heterocycles. The van der Waals surface area contributed by atoms with Crippen LogP contribution in [0.15, 0.2) is 33.5 Å². The van der Waals surface area contributed by atoms with Crippen molar-refractivity contribution >= 4 is 21.6 Å². The van der Waals surface area contributed by atoms with Crippen LogP contribution in [0.2, 0.25) is 0 Å². The van der Waals surface area contributed by atoms with E-state index in [-0.39, 0.29) is 5.56 Å². The van der Waals surface area contributed by atoms with Gasteiger partial charge < -0.3 is 5.73 Å². The first-order chi connectivity index (χ1) is 9.59. The summed E-state index contributed by atoms with van der Waals surface area (Å²) < 4.78 is 4.53. The Balaban J connectivity index is 2.17. The van der Waals surface area contributed by atoms with E-state index < -0.39 is 0 Å². The normalized spacial score (nSPS) is 15.9. The first-order valence-corrected chi connectivity index (χ1v) is 7.72. The fourth-order valence-electron chi connectivity index (χ4n) is 3.22. The molecule has 2 aromatic rings. The quantitative estimate of drug-likeness (QED) is 0.916. The SMILES string of the molecule is Cn1c(C2CCCC2)c(N)c(=O)n1-c1cccc(Br)c1. The molecule has 1 aliphatic rings. The van der Waals surface area contributed by atoms with E-state index in [9.17, 15) is 4.79 Å². The lowest BCUT2D eigenvalue weighted by Gasteiger charge is -2.14. The Kier molecular flexibility index (Phi) is 3.46. The summed E-state index contributed by atoms with van der Waals surface area (Å²) in [5, 5.41) is 0. The molecule has 20 heavy (non-hydrogen) atoms. The van der Waals surface area contributed by atoms with Crippen molar-refractivity contribution in [3.05, 3.63) is 44.8 Å². The van der Waals surface area contributed by atoms with Crippen LogP contribution in [0, 0.1) is 0 Å². The van der Waals surface area contributed by atoms with Crippen LogP contribution in [0.5, 0.6) is 0 Å². The lowest BCUT2D eigenvalue weighted by molar-refractivity contribution is 0.568. The van der Waals surface area contributed by atoms with Crippen molar-refractivity contribution in [3.63, 3.8) is 0 Å². The van der Waals surface area contributed by atoms with Gasteiger partial charge in [0.25, 0.3) is 5.56 Å². The van der Waals surface area contributed by atoms with Gasteiger partial charge in [0.1, 0.15) is 5.69 Å². The van der Waals surface area contributed by atoms with Crippen LogP contribution in [0.4, 0.5) is 5.69 Å². The van der Waals surface area contributed by atoms with Crippen molar-refractivity contribution in [2.24, 2.45) is 7.05 Å². The summed E-state index contributed by atoms with van der Waals surface area (Å²) in [5.74, 6) is 0.418. The molecular weight excluding hydrogens is 318 g/mol. The zero-order valence-corrected chi connectivity index (χ0v) is 13.1. The molecule has 2 N–H and O–H groups in total. The number of nitrogen functional groups attached to an aromatic ring is 1. The Hall–Kier alpha value is -1.49. The Morgan fingerprint density at radius 3 is 2.65 bits per heavy atom. The van der Waals surface area contributed by atoms with Crippen LogP contribution < -0.4 is 11.3 Å². The Labute approximate surface area is 126 Å². The van der Waals surface area contributed by atoms with E-state index in [1.165, 1.54) is 12.8 Å². The van der Waals surface area contributed by atoms with E-state index in [1.54, 1.807) is 4.68 Å². The molecule has 1 saturated carbocycles. The minimum Gasteiger partial charge on any atom is -0.393 e. The van der Waals surface area contributed by atoms with E-state index in [2.05, 4.69) is 15.9 Å². The van der Waals surface area contributed by atoms with Crippen molar-refractivity contribution < 1.29 is 0 Å². The first-order valence-electron chi connectivity index (χ1n) is 6.93. The third kappa shape index (κ3) is 2.10. The van der Waals surface area contributed by atoms with Gasteiger partial charge in [0.05, 0.1) is 11.4 Å². The van der Waals surface area contributed by atoms with Gasteiger partial charge in [0, 0.05) is 17.4 Å². The number of anilines is 1. The summed E-state index contributed by atoms with van der Waals surface area (Å²) in [6.45, 7) is 0. The second-order valence-corrected chi connectivity index (χ2v) is 6.32. The summed E-state index contributed by atoms with van der Waals surface area (Å²) in [5.41, 5.74) is 8.21. The summed E-state index contributed by atoms with van der Waals surface area (Å²) in [7, 11) is 1.92. The molecule has 1 aromatic heterocycles. The Morgan fingerprint density at radius 1 is 1.30 bits per heavy atom. The number of hydrogen-bond acceptors (Lipinski definition) is 2. The molecule has 3 rings (SSSR count). The minimum absolute atomic E-state index is 0.118. The molecule has 1 aromatic carbocycles. The average molecular weight is 336 g/mol. The van der Waals surface area contributed by atoms with Gasteiger partial charge in [-0.25, -0.2) is 4.68 Å². The molecule has 0 saturated heterocycles. The largest absolute Gasteiger partial charge is 0.393 e. The van der Waals surface area contributed by atoms with Crippen LogP contribution in [-0.2, 0) is 7.05 Å². The van der Waals surface area contributed by atoms with Crippen LogP contribution in [-0.4, -0.2) is 9.36 Å². The van der Waals surface area contributed by atoms with Crippen molar-refractivity contribution in [2.45, 2.75) is 31.6 Å². The van der Waals surface area contributed by atoms with E-state index in [4.69, 9.17) is 5.73 Å². The maximum atomic E-state index is 12.5. The highest BCUT2D eigenvalue weighted by Crippen LogP contribution is 2.36. The zero-order valence-electron chi connectivity index (χ0n) is 11.5. The van der Waals surface area contributed by atoms with E-state index >= 15 is 0 Å². The van der Waals surface area contributed by atoms with Gasteiger partial charge in [-0.2, -0.15) is 0 Å². The predicted molar refractivity (Wildman–Crippen MR) is 84.3 cm³/mol. The highest BCUT2D eigenvalue weighted by Gasteiger charge is 2.26. The molecule has 0 atom stereocenters. The van der Waals surface area contributed by atoms with Gasteiger partial charge >= 0.3 is 0 Å². The van der Waals surface area contributed by atoms with E-state index in [0.29, 0.717) is 11.6 Å². The van der Waals surface area contributed by atoms with Crippen molar-refractivity contribution in [1.29, 1.82) is 0 Å².